The number of unbranched alkanes of at least 4 members (excludes halogenated alkanes) is 29. The Labute approximate surface area is 516 Å². The topological polar surface area (TPSA) is 307 Å². The lowest BCUT2D eigenvalue weighted by molar-refractivity contribution is -0.379. The number of aliphatic hydroxyl groups excluding tert-OH is 11. The van der Waals surface area contributed by atoms with Crippen molar-refractivity contribution in [3.05, 3.63) is 48.6 Å². The van der Waals surface area contributed by atoms with Crippen molar-refractivity contribution in [1.82, 2.24) is 5.32 Å². The van der Waals surface area contributed by atoms with Gasteiger partial charge < -0.3 is 89.9 Å². The van der Waals surface area contributed by atoms with Gasteiger partial charge in [0.05, 0.1) is 38.6 Å². The number of allylic oxidation sites excluding steroid dienone is 7. The number of aliphatic hydroxyl groups is 11. The smallest absolute Gasteiger partial charge is 0.220 e. The molecule has 17 atom stereocenters. The van der Waals surface area contributed by atoms with Crippen LogP contribution in [-0.4, -0.2) is 193 Å². The van der Waals surface area contributed by atoms with Gasteiger partial charge in [0.1, 0.15) is 73.2 Å². The summed E-state index contributed by atoms with van der Waals surface area (Å²) in [4.78, 5) is 13.4. The van der Waals surface area contributed by atoms with E-state index in [-0.39, 0.29) is 18.9 Å². The van der Waals surface area contributed by atoms with Crippen LogP contribution in [0.3, 0.4) is 0 Å². The summed E-state index contributed by atoms with van der Waals surface area (Å²) in [5.74, 6) is -0.293. The Bertz CT molecular complexity index is 1750. The van der Waals surface area contributed by atoms with Crippen LogP contribution in [-0.2, 0) is 33.2 Å². The highest BCUT2D eigenvalue weighted by molar-refractivity contribution is 5.76. The van der Waals surface area contributed by atoms with E-state index in [1.807, 2.05) is 6.08 Å². The van der Waals surface area contributed by atoms with Gasteiger partial charge in [0, 0.05) is 6.42 Å². The number of carbonyl (C=O) groups is 1. The molecule has 0 aromatic heterocycles. The second-order valence-electron chi connectivity index (χ2n) is 24.3. The molecule has 3 rings (SSSR count). The SMILES string of the molecule is CCCCCC/C=C\C/C=C\CCCCCCCCCC(=O)NC(COC1OC(CO)C(OC2OC(CO)C(OC3OC(CO)C(O)C(O)C3O)C(O)C2O)C(O)C1O)C(O)/C=C/CC/C=C/CCCCCCCCCCCCCCCCCCC. The zero-order valence-corrected chi connectivity index (χ0v) is 52.8. The van der Waals surface area contributed by atoms with Crippen LogP contribution in [0.4, 0.5) is 0 Å². The van der Waals surface area contributed by atoms with Crippen molar-refractivity contribution in [1.29, 1.82) is 0 Å². The highest BCUT2D eigenvalue weighted by Crippen LogP contribution is 2.33. The van der Waals surface area contributed by atoms with Crippen molar-refractivity contribution < 1.29 is 89.4 Å². The summed E-state index contributed by atoms with van der Waals surface area (Å²) in [7, 11) is 0. The van der Waals surface area contributed by atoms with Crippen molar-refractivity contribution in [2.75, 3.05) is 26.4 Å². The number of nitrogens with one attached hydrogen (secondary N) is 1. The molecule has 0 radical (unpaired) electrons. The van der Waals surface area contributed by atoms with Gasteiger partial charge in [-0.2, -0.15) is 0 Å². The number of amides is 1. The molecule has 12 N–H and O–H groups in total. The number of hydrogen-bond acceptors (Lipinski definition) is 18. The molecule has 0 saturated carbocycles. The van der Waals surface area contributed by atoms with Crippen LogP contribution < -0.4 is 5.32 Å². The first kappa shape index (κ1) is 78.0. The molecule has 0 aromatic carbocycles. The van der Waals surface area contributed by atoms with Crippen molar-refractivity contribution in [2.24, 2.45) is 0 Å². The van der Waals surface area contributed by atoms with E-state index in [4.69, 9.17) is 28.4 Å². The van der Waals surface area contributed by atoms with E-state index in [0.717, 1.165) is 77.0 Å². The van der Waals surface area contributed by atoms with E-state index in [9.17, 15) is 61.0 Å². The van der Waals surface area contributed by atoms with Crippen LogP contribution >= 0.6 is 0 Å². The number of carbonyl (C=O) groups excluding carboxylic acids is 1. The van der Waals surface area contributed by atoms with E-state index < -0.39 is 124 Å². The molecule has 3 aliphatic rings. The maximum absolute atomic E-state index is 13.4. The van der Waals surface area contributed by atoms with Crippen LogP contribution in [0, 0.1) is 0 Å². The lowest BCUT2D eigenvalue weighted by atomic mass is 9.96. The van der Waals surface area contributed by atoms with Crippen LogP contribution in [0.5, 0.6) is 0 Å². The molecular formula is C67H121NO18. The zero-order valence-electron chi connectivity index (χ0n) is 52.8. The maximum Gasteiger partial charge on any atom is 0.220 e. The third kappa shape index (κ3) is 31.7. The lowest BCUT2D eigenvalue weighted by Crippen LogP contribution is -2.66. The number of hydrogen-bond donors (Lipinski definition) is 12. The highest BCUT2D eigenvalue weighted by atomic mass is 16.8. The van der Waals surface area contributed by atoms with Gasteiger partial charge in [-0.1, -0.05) is 217 Å². The Morgan fingerprint density at radius 3 is 1.24 bits per heavy atom. The van der Waals surface area contributed by atoms with Crippen molar-refractivity contribution in [3.8, 4) is 0 Å². The summed E-state index contributed by atoms with van der Waals surface area (Å²) in [6.07, 6.45) is 30.9. The molecule has 3 saturated heterocycles. The summed E-state index contributed by atoms with van der Waals surface area (Å²) < 4.78 is 34.3. The van der Waals surface area contributed by atoms with Crippen LogP contribution in [0.25, 0.3) is 0 Å². The van der Waals surface area contributed by atoms with Gasteiger partial charge in [0.25, 0.3) is 0 Å². The van der Waals surface area contributed by atoms with Crippen molar-refractivity contribution >= 4 is 5.91 Å². The van der Waals surface area contributed by atoms with E-state index >= 15 is 0 Å². The van der Waals surface area contributed by atoms with E-state index in [1.165, 1.54) is 128 Å². The standard InChI is InChI=1S/C67H121NO18/c1-3-5-7-9-11-13-15-17-19-21-23-24-25-26-27-28-30-32-34-36-38-40-42-44-51(72)50(68-55(73)45-43-41-39-37-35-33-31-29-22-20-18-16-14-12-10-8-6-4-2)49-81-65-61(79)58(76)63(53(47-70)83-65)86-67-62(80)59(77)64(54(48-71)84-67)85-66-60(78)57(75)56(74)52(46-69)82-66/h14,16,20,22,34,36,42,44,50-54,56-67,69-72,74-80H,3-13,15,17-19,21,23-33,35,37-41,43,45-49H2,1-2H3,(H,68,73)/b16-14-,22-20-,36-34+,44-42+. The molecule has 0 bridgehead atoms. The molecule has 19 heteroatoms. The number of rotatable bonds is 51. The number of ether oxygens (including phenoxy) is 6. The molecule has 0 aliphatic carbocycles. The molecule has 502 valence electrons. The molecule has 19 nitrogen and oxygen atoms in total. The van der Waals surface area contributed by atoms with Gasteiger partial charge in [0.15, 0.2) is 18.9 Å². The Kier molecular flexibility index (Phi) is 44.8. The Morgan fingerprint density at radius 1 is 0.419 bits per heavy atom. The predicted molar refractivity (Wildman–Crippen MR) is 332 cm³/mol. The molecule has 3 fully saturated rings. The second-order valence-corrected chi connectivity index (χ2v) is 24.3. The highest BCUT2D eigenvalue weighted by Gasteiger charge is 2.53. The third-order valence-electron chi connectivity index (χ3n) is 16.8. The minimum atomic E-state index is -1.98. The van der Waals surface area contributed by atoms with Crippen molar-refractivity contribution in [2.45, 2.75) is 343 Å². The van der Waals surface area contributed by atoms with E-state index in [1.54, 1.807) is 6.08 Å². The van der Waals surface area contributed by atoms with Gasteiger partial charge in [-0.3, -0.25) is 4.79 Å². The molecule has 86 heavy (non-hydrogen) atoms. The van der Waals surface area contributed by atoms with Crippen LogP contribution in [0.2, 0.25) is 0 Å². The minimum absolute atomic E-state index is 0.226. The maximum atomic E-state index is 13.4. The average molecular weight is 1230 g/mol. The summed E-state index contributed by atoms with van der Waals surface area (Å²) in [5, 5.41) is 120. The van der Waals surface area contributed by atoms with Crippen molar-refractivity contribution in [3.63, 3.8) is 0 Å². The van der Waals surface area contributed by atoms with Gasteiger partial charge in [-0.05, 0) is 64.2 Å². The molecule has 0 spiro atoms. The largest absolute Gasteiger partial charge is 0.394 e. The first-order chi connectivity index (χ1) is 41.8. The quantitative estimate of drug-likeness (QED) is 0.0202. The Balaban J connectivity index is 1.47. The molecule has 17 unspecified atom stereocenters. The zero-order chi connectivity index (χ0) is 62.6. The molecule has 0 aromatic rings. The summed E-state index contributed by atoms with van der Waals surface area (Å²) >= 11 is 0. The third-order valence-corrected chi connectivity index (χ3v) is 16.8. The Morgan fingerprint density at radius 2 is 0.779 bits per heavy atom. The van der Waals surface area contributed by atoms with Crippen LogP contribution in [0.15, 0.2) is 48.6 Å². The first-order valence-corrected chi connectivity index (χ1v) is 33.9. The monoisotopic (exact) mass is 1230 g/mol. The second kappa shape index (κ2) is 49.5. The molecule has 1 amide bonds. The molecule has 3 heterocycles. The molecule has 3 aliphatic heterocycles. The van der Waals surface area contributed by atoms with Gasteiger partial charge in [-0.15, -0.1) is 0 Å². The van der Waals surface area contributed by atoms with Gasteiger partial charge in [0.2, 0.25) is 5.91 Å². The summed E-state index contributed by atoms with van der Waals surface area (Å²) in [6, 6.07) is -0.995. The van der Waals surface area contributed by atoms with E-state index in [2.05, 4.69) is 55.6 Å². The minimum Gasteiger partial charge on any atom is -0.394 e. The summed E-state index contributed by atoms with van der Waals surface area (Å²) in [5.41, 5.74) is 0. The predicted octanol–water partition coefficient (Wildman–Crippen LogP) is 8.22. The van der Waals surface area contributed by atoms with Gasteiger partial charge in [-0.25, -0.2) is 0 Å². The average Bonchev–Trinajstić information content (AvgIpc) is 2.53. The lowest BCUT2D eigenvalue weighted by Gasteiger charge is -2.48. The van der Waals surface area contributed by atoms with Gasteiger partial charge >= 0.3 is 0 Å². The fourth-order valence-electron chi connectivity index (χ4n) is 11.3. The molecular weight excluding hydrogens is 1110 g/mol. The summed E-state index contributed by atoms with van der Waals surface area (Å²) in [6.45, 7) is 1.70. The first-order valence-electron chi connectivity index (χ1n) is 33.9. The Hall–Kier alpha value is -2.25. The van der Waals surface area contributed by atoms with E-state index in [0.29, 0.717) is 12.8 Å². The normalized spacial score (nSPS) is 29.1. The fraction of sp³-hybridized carbons (Fsp3) is 0.866. The fourth-order valence-corrected chi connectivity index (χ4v) is 11.3. The van der Waals surface area contributed by atoms with Crippen LogP contribution in [0.1, 0.15) is 239 Å².